The first kappa shape index (κ1) is 21.8. The topological polar surface area (TPSA) is 103 Å². The largest absolute Gasteiger partial charge is 0.342 e. The Morgan fingerprint density at radius 1 is 1.20 bits per heavy atom. The maximum Gasteiger partial charge on any atom is 0.269 e. The van der Waals surface area contributed by atoms with Crippen LogP contribution in [0.25, 0.3) is 0 Å². The molecule has 0 radical (unpaired) electrons. The molecular weight excluding hydrogens is 426 g/mol. The Morgan fingerprint density at radius 3 is 2.47 bits per heavy atom. The number of hydrogen-bond donors (Lipinski definition) is 1. The van der Waals surface area contributed by atoms with Crippen molar-refractivity contribution < 1.29 is 9.72 Å². The van der Waals surface area contributed by atoms with E-state index in [0.717, 1.165) is 10.7 Å². The van der Waals surface area contributed by atoms with Crippen LogP contribution in [0.2, 0.25) is 5.02 Å². The van der Waals surface area contributed by atoms with Gasteiger partial charge in [0, 0.05) is 35.0 Å². The van der Waals surface area contributed by atoms with Gasteiger partial charge in [0.1, 0.15) is 0 Å². The van der Waals surface area contributed by atoms with Crippen molar-refractivity contribution in [3.05, 3.63) is 80.6 Å². The van der Waals surface area contributed by atoms with Crippen molar-refractivity contribution >= 4 is 35.0 Å². The van der Waals surface area contributed by atoms with Crippen LogP contribution in [-0.2, 0) is 12.3 Å². The highest BCUT2D eigenvalue weighted by atomic mass is 35.5. The summed E-state index contributed by atoms with van der Waals surface area (Å²) in [6.45, 7) is 4.48. The predicted molar refractivity (Wildman–Crippen MR) is 116 cm³/mol. The van der Waals surface area contributed by atoms with Gasteiger partial charge in [0.2, 0.25) is 0 Å². The van der Waals surface area contributed by atoms with E-state index < -0.39 is 4.92 Å². The number of halogens is 1. The lowest BCUT2D eigenvalue weighted by atomic mass is 10.2. The van der Waals surface area contributed by atoms with Gasteiger partial charge in [0.05, 0.1) is 11.0 Å². The minimum atomic E-state index is -0.420. The fourth-order valence-electron chi connectivity index (χ4n) is 2.83. The predicted octanol–water partition coefficient (Wildman–Crippen LogP) is 4.64. The average Bonchev–Trinajstić information content (AvgIpc) is 3.16. The number of carbonyl (C=O) groups is 1. The second kappa shape index (κ2) is 9.73. The van der Waals surface area contributed by atoms with Gasteiger partial charge in [-0.1, -0.05) is 35.5 Å². The van der Waals surface area contributed by atoms with Crippen molar-refractivity contribution in [2.24, 2.45) is 0 Å². The zero-order valence-corrected chi connectivity index (χ0v) is 18.0. The number of nitro benzene ring substituents is 1. The van der Waals surface area contributed by atoms with E-state index in [-0.39, 0.29) is 17.6 Å². The van der Waals surface area contributed by atoms with Gasteiger partial charge in [0.15, 0.2) is 11.0 Å². The molecule has 0 aliphatic carbocycles. The smallest absolute Gasteiger partial charge is 0.269 e. The molecule has 1 atom stereocenters. The Morgan fingerprint density at radius 2 is 1.87 bits per heavy atom. The van der Waals surface area contributed by atoms with Crippen molar-refractivity contribution in [1.82, 2.24) is 20.1 Å². The van der Waals surface area contributed by atoms with Gasteiger partial charge in [-0.3, -0.25) is 14.9 Å². The zero-order chi connectivity index (χ0) is 21.7. The summed E-state index contributed by atoms with van der Waals surface area (Å²) in [6, 6.07) is 12.8. The normalized spacial score (nSPS) is 11.8. The molecule has 0 aliphatic rings. The number of nitro groups is 1. The molecule has 0 bridgehead atoms. The SMILES string of the molecule is CCn1c(SCc2ccc([N+](=O)[O-])cc2)nnc1[C@H](C)NC(=O)c1ccc(Cl)cc1. The number of thioether (sulfide) groups is 1. The van der Waals surface area contributed by atoms with E-state index in [4.69, 9.17) is 11.6 Å². The molecule has 2 aromatic carbocycles. The van der Waals surface area contributed by atoms with E-state index >= 15 is 0 Å². The molecule has 3 aromatic rings. The number of rotatable bonds is 8. The van der Waals surface area contributed by atoms with Crippen LogP contribution in [0.4, 0.5) is 5.69 Å². The molecule has 1 heterocycles. The summed E-state index contributed by atoms with van der Waals surface area (Å²) in [4.78, 5) is 22.8. The molecular formula is C20H20ClN5O3S. The summed E-state index contributed by atoms with van der Waals surface area (Å²) < 4.78 is 1.95. The van der Waals surface area contributed by atoms with Crippen molar-refractivity contribution in [1.29, 1.82) is 0 Å². The summed E-state index contributed by atoms with van der Waals surface area (Å²) in [5, 5.41) is 23.5. The number of amides is 1. The maximum atomic E-state index is 12.5. The van der Waals surface area contributed by atoms with E-state index in [1.165, 1.54) is 23.9 Å². The van der Waals surface area contributed by atoms with Gasteiger partial charge in [0.25, 0.3) is 11.6 Å². The molecule has 8 nitrogen and oxygen atoms in total. The highest BCUT2D eigenvalue weighted by molar-refractivity contribution is 7.98. The Kier molecular flexibility index (Phi) is 7.07. The minimum Gasteiger partial charge on any atom is -0.342 e. The van der Waals surface area contributed by atoms with Crippen LogP contribution in [-0.4, -0.2) is 25.6 Å². The number of benzene rings is 2. The van der Waals surface area contributed by atoms with E-state index in [0.29, 0.717) is 28.7 Å². The fourth-order valence-corrected chi connectivity index (χ4v) is 3.92. The molecule has 0 fully saturated rings. The molecule has 3 rings (SSSR count). The van der Waals surface area contributed by atoms with Gasteiger partial charge in [-0.2, -0.15) is 0 Å². The molecule has 1 aromatic heterocycles. The summed E-state index contributed by atoms with van der Waals surface area (Å²) in [5.74, 6) is 1.04. The highest BCUT2D eigenvalue weighted by Gasteiger charge is 2.19. The van der Waals surface area contributed by atoms with Crippen LogP contribution in [0.15, 0.2) is 53.7 Å². The van der Waals surface area contributed by atoms with Gasteiger partial charge in [-0.15, -0.1) is 10.2 Å². The highest BCUT2D eigenvalue weighted by Crippen LogP contribution is 2.25. The van der Waals surface area contributed by atoms with Crippen LogP contribution in [0, 0.1) is 10.1 Å². The lowest BCUT2D eigenvalue weighted by Crippen LogP contribution is -2.28. The maximum absolute atomic E-state index is 12.5. The number of non-ortho nitro benzene ring substituents is 1. The third-order valence-electron chi connectivity index (χ3n) is 4.42. The summed E-state index contributed by atoms with van der Waals surface area (Å²) >= 11 is 7.36. The van der Waals surface area contributed by atoms with E-state index in [9.17, 15) is 14.9 Å². The molecule has 0 saturated carbocycles. The van der Waals surface area contributed by atoms with Crippen molar-refractivity contribution in [2.75, 3.05) is 0 Å². The molecule has 30 heavy (non-hydrogen) atoms. The number of nitrogens with zero attached hydrogens (tertiary/aromatic N) is 4. The molecule has 0 spiro atoms. The van der Waals surface area contributed by atoms with E-state index in [1.807, 2.05) is 18.4 Å². The summed E-state index contributed by atoms with van der Waals surface area (Å²) in [6.07, 6.45) is 0. The number of aromatic nitrogens is 3. The monoisotopic (exact) mass is 445 g/mol. The summed E-state index contributed by atoms with van der Waals surface area (Å²) in [5.41, 5.74) is 1.52. The van der Waals surface area contributed by atoms with E-state index in [1.54, 1.807) is 36.4 Å². The standard InChI is InChI=1S/C20H20ClN5O3S/c1-3-25-18(13(2)22-19(27)15-6-8-16(21)9-7-15)23-24-20(25)30-12-14-4-10-17(11-5-14)26(28)29/h4-11,13H,3,12H2,1-2H3,(H,22,27)/t13-/m0/s1. The second-order valence-electron chi connectivity index (χ2n) is 6.50. The summed E-state index contributed by atoms with van der Waals surface area (Å²) in [7, 11) is 0. The third kappa shape index (κ3) is 5.17. The molecule has 0 aliphatic heterocycles. The van der Waals surface area contributed by atoms with E-state index in [2.05, 4.69) is 15.5 Å². The number of nitrogens with one attached hydrogen (secondary N) is 1. The molecule has 10 heteroatoms. The minimum absolute atomic E-state index is 0.0630. The molecule has 156 valence electrons. The van der Waals surface area contributed by atoms with Crippen LogP contribution in [0.3, 0.4) is 0 Å². The number of hydrogen-bond acceptors (Lipinski definition) is 6. The molecule has 1 N–H and O–H groups in total. The Labute approximate surface area is 182 Å². The van der Waals surface area contributed by atoms with Crippen LogP contribution in [0.1, 0.15) is 41.6 Å². The lowest BCUT2D eigenvalue weighted by molar-refractivity contribution is -0.384. The Hall–Kier alpha value is -2.91. The first-order valence-electron chi connectivity index (χ1n) is 9.24. The molecule has 0 unspecified atom stereocenters. The third-order valence-corrected chi connectivity index (χ3v) is 5.71. The quantitative estimate of drug-likeness (QED) is 0.307. The van der Waals surface area contributed by atoms with Crippen LogP contribution < -0.4 is 5.32 Å². The van der Waals surface area contributed by atoms with Gasteiger partial charge in [-0.25, -0.2) is 0 Å². The van der Waals surface area contributed by atoms with Gasteiger partial charge in [-0.05, 0) is 43.7 Å². The van der Waals surface area contributed by atoms with Gasteiger partial charge < -0.3 is 9.88 Å². The lowest BCUT2D eigenvalue weighted by Gasteiger charge is -2.15. The fraction of sp³-hybridized carbons (Fsp3) is 0.250. The first-order chi connectivity index (χ1) is 14.4. The first-order valence-corrected chi connectivity index (χ1v) is 10.6. The van der Waals surface area contributed by atoms with Crippen molar-refractivity contribution in [3.8, 4) is 0 Å². The van der Waals surface area contributed by atoms with Crippen LogP contribution >= 0.6 is 23.4 Å². The Bertz CT molecular complexity index is 1040. The van der Waals surface area contributed by atoms with Crippen molar-refractivity contribution in [3.63, 3.8) is 0 Å². The second-order valence-corrected chi connectivity index (χ2v) is 7.88. The molecule has 0 saturated heterocycles. The van der Waals surface area contributed by atoms with Crippen molar-refractivity contribution in [2.45, 2.75) is 37.3 Å². The average molecular weight is 446 g/mol. The number of carbonyl (C=O) groups excluding carboxylic acids is 1. The molecule has 1 amide bonds. The van der Waals surface area contributed by atoms with Crippen LogP contribution in [0.5, 0.6) is 0 Å². The Balaban J connectivity index is 1.67. The van der Waals surface area contributed by atoms with Gasteiger partial charge >= 0.3 is 0 Å². The zero-order valence-electron chi connectivity index (χ0n) is 16.4.